The topological polar surface area (TPSA) is 95.8 Å². The van der Waals surface area contributed by atoms with Crippen molar-refractivity contribution in [2.45, 2.75) is 0 Å². The Morgan fingerprint density at radius 1 is 0.912 bits per heavy atom. The van der Waals surface area contributed by atoms with Crippen LogP contribution in [-0.4, -0.2) is 47.9 Å². The number of aromatic nitrogens is 3. The van der Waals surface area contributed by atoms with E-state index >= 15 is 0 Å². The van der Waals surface area contributed by atoms with Crippen LogP contribution >= 0.6 is 11.6 Å². The molecule has 0 atom stereocenters. The smallest absolute Gasteiger partial charge is 0.267 e. The minimum Gasteiger partial charge on any atom is -0.493 e. The first-order valence-electron chi connectivity index (χ1n) is 10.2. The van der Waals surface area contributed by atoms with Crippen LogP contribution in [0.3, 0.4) is 0 Å². The van der Waals surface area contributed by atoms with Gasteiger partial charge in [-0.3, -0.25) is 9.59 Å². The molecule has 1 aliphatic heterocycles. The lowest BCUT2D eigenvalue weighted by molar-refractivity contribution is 0.0926. The third kappa shape index (κ3) is 3.08. The zero-order valence-corrected chi connectivity index (χ0v) is 19.5. The van der Waals surface area contributed by atoms with E-state index in [-0.39, 0.29) is 16.8 Å². The molecule has 0 spiro atoms. The first kappa shape index (κ1) is 21.7. The predicted octanol–water partition coefficient (Wildman–Crippen LogP) is 4.12. The van der Waals surface area contributed by atoms with Crippen LogP contribution in [0.4, 0.5) is 5.69 Å². The summed E-state index contributed by atoms with van der Waals surface area (Å²) in [5.74, 6) is -0.00835. The Morgan fingerprint density at radius 3 is 2.15 bits per heavy atom. The number of benzene rings is 2. The van der Waals surface area contributed by atoms with Gasteiger partial charge in [-0.2, -0.15) is 5.10 Å². The van der Waals surface area contributed by atoms with Crippen LogP contribution in [0, 0.1) is 0 Å². The van der Waals surface area contributed by atoms with E-state index in [2.05, 4.69) is 10.1 Å². The highest BCUT2D eigenvalue weighted by Crippen LogP contribution is 2.44. The van der Waals surface area contributed by atoms with Crippen molar-refractivity contribution < 1.29 is 23.8 Å². The van der Waals surface area contributed by atoms with Gasteiger partial charge in [0.15, 0.2) is 17.1 Å². The fourth-order valence-corrected chi connectivity index (χ4v) is 4.29. The zero-order valence-electron chi connectivity index (χ0n) is 18.7. The van der Waals surface area contributed by atoms with E-state index in [1.165, 1.54) is 27.5 Å². The lowest BCUT2D eigenvalue weighted by Crippen LogP contribution is -2.29. The largest absolute Gasteiger partial charge is 0.493 e. The van der Waals surface area contributed by atoms with E-state index in [9.17, 15) is 9.59 Å². The zero-order chi connectivity index (χ0) is 24.1. The highest BCUT2D eigenvalue weighted by atomic mass is 35.5. The fourth-order valence-electron chi connectivity index (χ4n) is 4.17. The predicted molar refractivity (Wildman–Crippen MR) is 126 cm³/mol. The number of nitrogens with zero attached hydrogens (tertiary/aromatic N) is 4. The van der Waals surface area contributed by atoms with Crippen molar-refractivity contribution in [2.24, 2.45) is 7.05 Å². The molecule has 0 saturated heterocycles. The molecule has 10 heteroatoms. The maximum atomic E-state index is 13.7. The van der Waals surface area contributed by atoms with Crippen LogP contribution < -0.4 is 19.1 Å². The van der Waals surface area contributed by atoms with Crippen LogP contribution in [-0.2, 0) is 7.05 Å². The molecular weight excluding hydrogens is 460 g/mol. The molecule has 2 amide bonds. The summed E-state index contributed by atoms with van der Waals surface area (Å²) in [6, 6.07) is 10.2. The van der Waals surface area contributed by atoms with E-state index in [1.807, 2.05) is 12.1 Å². The minimum absolute atomic E-state index is 0.189. The van der Waals surface area contributed by atoms with Gasteiger partial charge in [0.1, 0.15) is 5.69 Å². The first-order chi connectivity index (χ1) is 16.4. The van der Waals surface area contributed by atoms with Crippen LogP contribution in [0.2, 0.25) is 5.02 Å². The maximum Gasteiger partial charge on any atom is 0.267 e. The molecule has 172 valence electrons. The summed E-state index contributed by atoms with van der Waals surface area (Å²) in [5, 5.41) is 5.65. The van der Waals surface area contributed by atoms with Crippen molar-refractivity contribution in [3.63, 3.8) is 0 Å². The highest BCUT2D eigenvalue weighted by molar-refractivity contribution is 6.38. The molecule has 0 radical (unpaired) electrons. The quantitative estimate of drug-likeness (QED) is 0.398. The number of aryl methyl sites for hydroxylation is 1. The van der Waals surface area contributed by atoms with Crippen molar-refractivity contribution in [2.75, 3.05) is 26.2 Å². The molecule has 2 aromatic carbocycles. The van der Waals surface area contributed by atoms with Crippen molar-refractivity contribution in [3.8, 4) is 28.5 Å². The van der Waals surface area contributed by atoms with Gasteiger partial charge in [0.25, 0.3) is 11.8 Å². The van der Waals surface area contributed by atoms with E-state index in [0.29, 0.717) is 39.0 Å². The number of carbonyl (C=O) groups excluding carboxylic acids is 2. The van der Waals surface area contributed by atoms with Crippen LogP contribution in [0.5, 0.6) is 17.2 Å². The SMILES string of the molecule is COc1cc(N2C(=O)c3cnc4c(c(-c5ccc(Cl)cc5)nn4C)c3C2=O)cc(OC)c1OC. The number of imide groups is 1. The normalized spacial score (nSPS) is 12.9. The Balaban J connectivity index is 1.72. The van der Waals surface area contributed by atoms with Gasteiger partial charge in [0, 0.05) is 36.0 Å². The second-order valence-corrected chi connectivity index (χ2v) is 7.99. The molecule has 4 aromatic rings. The summed E-state index contributed by atoms with van der Waals surface area (Å²) in [7, 11) is 6.14. The summed E-state index contributed by atoms with van der Waals surface area (Å²) >= 11 is 6.04. The highest BCUT2D eigenvalue weighted by Gasteiger charge is 2.41. The number of methoxy groups -OCH3 is 3. The van der Waals surface area contributed by atoms with E-state index in [4.69, 9.17) is 25.8 Å². The van der Waals surface area contributed by atoms with Gasteiger partial charge in [-0.25, -0.2) is 14.6 Å². The third-order valence-electron chi connectivity index (χ3n) is 5.73. The van der Waals surface area contributed by atoms with E-state index in [1.54, 1.807) is 36.0 Å². The molecule has 0 aliphatic carbocycles. The van der Waals surface area contributed by atoms with Gasteiger partial charge >= 0.3 is 0 Å². The molecule has 5 rings (SSSR count). The van der Waals surface area contributed by atoms with Crippen molar-refractivity contribution >= 4 is 40.1 Å². The lowest BCUT2D eigenvalue weighted by atomic mass is 10.0. The number of halogens is 1. The minimum atomic E-state index is -0.505. The number of fused-ring (bicyclic) bond motifs is 3. The molecular formula is C24H19ClN4O5. The first-order valence-corrected chi connectivity index (χ1v) is 10.6. The second-order valence-electron chi connectivity index (χ2n) is 7.55. The van der Waals surface area contributed by atoms with Gasteiger partial charge in [0.05, 0.1) is 43.5 Å². The number of anilines is 1. The molecule has 34 heavy (non-hydrogen) atoms. The average molecular weight is 479 g/mol. The van der Waals surface area contributed by atoms with Crippen LogP contribution in [0.1, 0.15) is 20.7 Å². The summed E-state index contributed by atoms with van der Waals surface area (Å²) < 4.78 is 17.7. The molecule has 0 unspecified atom stereocenters. The van der Waals surface area contributed by atoms with Crippen LogP contribution in [0.15, 0.2) is 42.6 Å². The number of rotatable bonds is 5. The Bertz CT molecular complexity index is 1450. The molecule has 1 aliphatic rings. The molecule has 0 fully saturated rings. The Labute approximate surface area is 199 Å². The fraction of sp³-hybridized carbons (Fsp3) is 0.167. The number of hydrogen-bond donors (Lipinski definition) is 0. The summed E-state index contributed by atoms with van der Waals surface area (Å²) in [4.78, 5) is 32.6. The van der Waals surface area contributed by atoms with Gasteiger partial charge in [-0.1, -0.05) is 23.7 Å². The molecule has 0 saturated carbocycles. The lowest BCUT2D eigenvalue weighted by Gasteiger charge is -2.18. The van der Waals surface area contributed by atoms with Gasteiger partial charge in [0.2, 0.25) is 5.75 Å². The van der Waals surface area contributed by atoms with Crippen molar-refractivity contribution in [3.05, 3.63) is 58.7 Å². The number of pyridine rings is 1. The standard InChI is InChI=1S/C24H19ClN4O5/c1-28-22-19(20(27-28)12-5-7-13(25)8-6-12)18-15(11-26-22)23(30)29(24(18)31)14-9-16(32-2)21(34-4)17(10-14)33-3/h5-11H,1-4H3. The summed E-state index contributed by atoms with van der Waals surface area (Å²) in [5.41, 5.74) is 2.47. The van der Waals surface area contributed by atoms with E-state index < -0.39 is 11.8 Å². The number of amides is 2. The third-order valence-corrected chi connectivity index (χ3v) is 5.98. The Kier molecular flexibility index (Phi) is 5.13. The van der Waals surface area contributed by atoms with Gasteiger partial charge in [-0.05, 0) is 12.1 Å². The molecule has 3 heterocycles. The van der Waals surface area contributed by atoms with Gasteiger partial charge in [-0.15, -0.1) is 0 Å². The molecule has 9 nitrogen and oxygen atoms in total. The van der Waals surface area contributed by atoms with Crippen molar-refractivity contribution in [1.29, 1.82) is 0 Å². The Hall–Kier alpha value is -4.11. The monoisotopic (exact) mass is 478 g/mol. The molecule has 0 bridgehead atoms. The summed E-state index contributed by atoms with van der Waals surface area (Å²) in [6.45, 7) is 0. The second kappa shape index (κ2) is 8.03. The molecule has 0 N–H and O–H groups in total. The average Bonchev–Trinajstić information content (AvgIpc) is 3.32. The number of ether oxygens (including phenoxy) is 3. The Morgan fingerprint density at radius 2 is 1.56 bits per heavy atom. The van der Waals surface area contributed by atoms with E-state index in [0.717, 1.165) is 10.5 Å². The van der Waals surface area contributed by atoms with Gasteiger partial charge < -0.3 is 14.2 Å². The number of hydrogen-bond acceptors (Lipinski definition) is 7. The summed E-state index contributed by atoms with van der Waals surface area (Å²) in [6.07, 6.45) is 1.41. The number of carbonyl (C=O) groups is 2. The maximum absolute atomic E-state index is 13.7. The molecule has 2 aromatic heterocycles. The van der Waals surface area contributed by atoms with Crippen molar-refractivity contribution in [1.82, 2.24) is 14.8 Å². The van der Waals surface area contributed by atoms with Crippen LogP contribution in [0.25, 0.3) is 22.3 Å².